The zero-order valence-electron chi connectivity index (χ0n) is 7.71. The highest BCUT2D eigenvalue weighted by atomic mass is 32.1. The van der Waals surface area contributed by atoms with Crippen LogP contribution < -0.4 is 10.6 Å². The average Bonchev–Trinajstić information content (AvgIpc) is 2.17. The Labute approximate surface area is 84.3 Å². The van der Waals surface area contributed by atoms with E-state index < -0.39 is 0 Å². The second-order valence-corrected chi connectivity index (χ2v) is 3.11. The van der Waals surface area contributed by atoms with Crippen LogP contribution in [0.4, 0.5) is 0 Å². The first kappa shape index (κ1) is 9.99. The molecule has 0 heterocycles. The fourth-order valence-electron chi connectivity index (χ4n) is 1.00. The predicted octanol–water partition coefficient (Wildman–Crippen LogP) is 1.67. The summed E-state index contributed by atoms with van der Waals surface area (Å²) in [6.45, 7) is 3.67. The van der Waals surface area contributed by atoms with E-state index in [0.29, 0.717) is 5.11 Å². The quantitative estimate of drug-likeness (QED) is 0.716. The van der Waals surface area contributed by atoms with Crippen molar-refractivity contribution in [2.24, 2.45) is 0 Å². The summed E-state index contributed by atoms with van der Waals surface area (Å²) < 4.78 is 0. The van der Waals surface area contributed by atoms with Crippen molar-refractivity contribution < 1.29 is 0 Å². The van der Waals surface area contributed by atoms with Crippen LogP contribution in [0, 0.1) is 0 Å². The number of nitrogens with one attached hydrogen (secondary N) is 2. The van der Waals surface area contributed by atoms with E-state index in [1.54, 1.807) is 0 Å². The van der Waals surface area contributed by atoms with Gasteiger partial charge >= 0.3 is 0 Å². The molecular formula is C10H14N2S. The summed E-state index contributed by atoms with van der Waals surface area (Å²) in [6.07, 6.45) is 0. The predicted molar refractivity (Wildman–Crippen MR) is 59.6 cm³/mol. The molecule has 0 unspecified atom stereocenters. The van der Waals surface area contributed by atoms with Gasteiger partial charge in [0.1, 0.15) is 0 Å². The Hall–Kier alpha value is -1.09. The van der Waals surface area contributed by atoms with Crippen LogP contribution in [0.15, 0.2) is 30.3 Å². The minimum Gasteiger partial charge on any atom is -0.363 e. The van der Waals surface area contributed by atoms with Gasteiger partial charge in [-0.15, -0.1) is 0 Å². The lowest BCUT2D eigenvalue weighted by Gasteiger charge is -2.08. The monoisotopic (exact) mass is 194 g/mol. The molecule has 13 heavy (non-hydrogen) atoms. The average molecular weight is 194 g/mol. The second-order valence-electron chi connectivity index (χ2n) is 2.70. The van der Waals surface area contributed by atoms with Crippen LogP contribution in [-0.4, -0.2) is 11.7 Å². The van der Waals surface area contributed by atoms with E-state index in [1.807, 2.05) is 25.1 Å². The Bertz CT molecular complexity index is 259. The molecule has 0 aromatic heterocycles. The summed E-state index contributed by atoms with van der Waals surface area (Å²) >= 11 is 5.03. The molecule has 1 aromatic rings. The van der Waals surface area contributed by atoms with Gasteiger partial charge in [0, 0.05) is 13.1 Å². The first-order valence-electron chi connectivity index (χ1n) is 4.38. The first-order valence-corrected chi connectivity index (χ1v) is 4.79. The third-order valence-corrected chi connectivity index (χ3v) is 1.92. The molecule has 0 atom stereocenters. The Morgan fingerprint density at radius 3 is 2.54 bits per heavy atom. The molecule has 0 saturated carbocycles. The summed E-state index contributed by atoms with van der Waals surface area (Å²) in [5, 5.41) is 6.87. The van der Waals surface area contributed by atoms with E-state index >= 15 is 0 Å². The van der Waals surface area contributed by atoms with E-state index in [0.717, 1.165) is 13.1 Å². The van der Waals surface area contributed by atoms with Crippen LogP contribution in [0.25, 0.3) is 0 Å². The van der Waals surface area contributed by atoms with Gasteiger partial charge in [0.15, 0.2) is 5.11 Å². The molecular weight excluding hydrogens is 180 g/mol. The summed E-state index contributed by atoms with van der Waals surface area (Å²) in [5.74, 6) is 0. The normalized spacial score (nSPS) is 9.31. The highest BCUT2D eigenvalue weighted by Crippen LogP contribution is 1.96. The van der Waals surface area contributed by atoms with Crippen LogP contribution in [0.2, 0.25) is 0 Å². The number of rotatable bonds is 3. The van der Waals surface area contributed by atoms with Crippen LogP contribution in [0.1, 0.15) is 12.5 Å². The van der Waals surface area contributed by atoms with Crippen LogP contribution in [-0.2, 0) is 6.54 Å². The van der Waals surface area contributed by atoms with Crippen molar-refractivity contribution in [3.05, 3.63) is 35.9 Å². The fourth-order valence-corrected chi connectivity index (χ4v) is 1.22. The van der Waals surface area contributed by atoms with Gasteiger partial charge in [0.05, 0.1) is 0 Å². The number of benzene rings is 1. The standard InChI is InChI=1S/C10H14N2S/c1-2-11-10(13)12-8-9-6-4-3-5-7-9/h3-7H,2,8H2,1H3,(H2,11,12,13). The number of thiocarbonyl (C=S) groups is 1. The molecule has 2 N–H and O–H groups in total. The van der Waals surface area contributed by atoms with E-state index in [-0.39, 0.29) is 0 Å². The first-order chi connectivity index (χ1) is 6.33. The Balaban J connectivity index is 2.31. The van der Waals surface area contributed by atoms with Gasteiger partial charge in [0.25, 0.3) is 0 Å². The van der Waals surface area contributed by atoms with E-state index in [1.165, 1.54) is 5.56 Å². The molecule has 0 bridgehead atoms. The highest BCUT2D eigenvalue weighted by molar-refractivity contribution is 7.80. The third-order valence-electron chi connectivity index (χ3n) is 1.63. The van der Waals surface area contributed by atoms with Crippen molar-refractivity contribution in [1.29, 1.82) is 0 Å². The van der Waals surface area contributed by atoms with E-state index in [2.05, 4.69) is 22.8 Å². The largest absolute Gasteiger partial charge is 0.363 e. The van der Waals surface area contributed by atoms with Gasteiger partial charge in [-0.2, -0.15) is 0 Å². The second kappa shape index (κ2) is 5.54. The Morgan fingerprint density at radius 2 is 1.92 bits per heavy atom. The molecule has 0 fully saturated rings. The minimum absolute atomic E-state index is 0.714. The van der Waals surface area contributed by atoms with Gasteiger partial charge < -0.3 is 10.6 Å². The summed E-state index contributed by atoms with van der Waals surface area (Å²) in [7, 11) is 0. The van der Waals surface area contributed by atoms with Gasteiger partial charge in [-0.3, -0.25) is 0 Å². The van der Waals surface area contributed by atoms with Crippen molar-refractivity contribution in [1.82, 2.24) is 10.6 Å². The lowest BCUT2D eigenvalue weighted by atomic mass is 10.2. The smallest absolute Gasteiger partial charge is 0.166 e. The lowest BCUT2D eigenvalue weighted by molar-refractivity contribution is 0.854. The van der Waals surface area contributed by atoms with Crippen LogP contribution in [0.3, 0.4) is 0 Å². The van der Waals surface area contributed by atoms with E-state index in [4.69, 9.17) is 12.2 Å². The van der Waals surface area contributed by atoms with Crippen molar-refractivity contribution in [3.63, 3.8) is 0 Å². The minimum atomic E-state index is 0.714. The summed E-state index contributed by atoms with van der Waals surface area (Å²) in [4.78, 5) is 0. The molecule has 0 saturated heterocycles. The molecule has 70 valence electrons. The lowest BCUT2D eigenvalue weighted by Crippen LogP contribution is -2.34. The van der Waals surface area contributed by atoms with Crippen molar-refractivity contribution in [3.8, 4) is 0 Å². The summed E-state index contributed by atoms with van der Waals surface area (Å²) in [6, 6.07) is 10.2. The molecule has 0 spiro atoms. The fraction of sp³-hybridized carbons (Fsp3) is 0.300. The maximum Gasteiger partial charge on any atom is 0.166 e. The van der Waals surface area contributed by atoms with Crippen molar-refractivity contribution >= 4 is 17.3 Å². The molecule has 1 rings (SSSR count). The van der Waals surface area contributed by atoms with Crippen LogP contribution >= 0.6 is 12.2 Å². The number of hydrogen-bond acceptors (Lipinski definition) is 1. The molecule has 0 aliphatic carbocycles. The molecule has 0 aliphatic rings. The molecule has 2 nitrogen and oxygen atoms in total. The Kier molecular flexibility index (Phi) is 4.26. The van der Waals surface area contributed by atoms with Gasteiger partial charge in [0.2, 0.25) is 0 Å². The number of hydrogen-bond donors (Lipinski definition) is 2. The maximum atomic E-state index is 5.03. The van der Waals surface area contributed by atoms with Crippen molar-refractivity contribution in [2.75, 3.05) is 6.54 Å². The molecule has 0 aliphatic heterocycles. The van der Waals surface area contributed by atoms with Crippen LogP contribution in [0.5, 0.6) is 0 Å². The van der Waals surface area contributed by atoms with Gasteiger partial charge in [-0.05, 0) is 24.7 Å². The molecule has 3 heteroatoms. The zero-order valence-corrected chi connectivity index (χ0v) is 8.53. The van der Waals surface area contributed by atoms with E-state index in [9.17, 15) is 0 Å². The summed E-state index contributed by atoms with van der Waals surface area (Å²) in [5.41, 5.74) is 1.24. The highest BCUT2D eigenvalue weighted by Gasteiger charge is 1.92. The maximum absolute atomic E-state index is 5.03. The van der Waals surface area contributed by atoms with Gasteiger partial charge in [-0.25, -0.2) is 0 Å². The molecule has 0 amide bonds. The van der Waals surface area contributed by atoms with Gasteiger partial charge in [-0.1, -0.05) is 30.3 Å². The SMILES string of the molecule is CCNC(=S)NCc1ccccc1. The molecule has 0 radical (unpaired) electrons. The van der Waals surface area contributed by atoms with Crippen molar-refractivity contribution in [2.45, 2.75) is 13.5 Å². The molecule has 1 aromatic carbocycles. The topological polar surface area (TPSA) is 24.1 Å². The zero-order chi connectivity index (χ0) is 9.52. The third kappa shape index (κ3) is 3.90. The Morgan fingerprint density at radius 1 is 1.23 bits per heavy atom.